The Labute approximate surface area is 125 Å². The largest absolute Gasteiger partial charge is 0.493 e. The Hall–Kier alpha value is -1.55. The van der Waals surface area contributed by atoms with E-state index < -0.39 is 0 Å². The number of para-hydroxylation sites is 1. The Balaban J connectivity index is 1.37. The minimum atomic E-state index is 0.159. The number of carbonyl (C=O) groups is 1. The molecule has 3 aliphatic rings. The molecule has 2 fully saturated rings. The van der Waals surface area contributed by atoms with E-state index in [1.165, 1.54) is 5.56 Å². The van der Waals surface area contributed by atoms with E-state index >= 15 is 0 Å². The quantitative estimate of drug-likeness (QED) is 0.887. The molecule has 0 saturated heterocycles. The van der Waals surface area contributed by atoms with Crippen LogP contribution in [0.2, 0.25) is 0 Å². The third kappa shape index (κ3) is 2.22. The average molecular weight is 286 g/mol. The Bertz CT molecular complexity index is 572. The van der Waals surface area contributed by atoms with Crippen molar-refractivity contribution in [3.8, 4) is 5.75 Å². The predicted octanol–water partition coefficient (Wildman–Crippen LogP) is 1.61. The van der Waals surface area contributed by atoms with Gasteiger partial charge in [-0.3, -0.25) is 4.79 Å². The summed E-state index contributed by atoms with van der Waals surface area (Å²) in [4.78, 5) is 12.4. The number of amides is 1. The van der Waals surface area contributed by atoms with Gasteiger partial charge in [0, 0.05) is 30.5 Å². The van der Waals surface area contributed by atoms with Gasteiger partial charge >= 0.3 is 0 Å². The van der Waals surface area contributed by atoms with Crippen LogP contribution >= 0.6 is 0 Å². The zero-order valence-corrected chi connectivity index (χ0v) is 12.2. The molecule has 21 heavy (non-hydrogen) atoms. The standard InChI is InChI=1S/C17H22N2O2/c18-15-8-12-6-13(7-14(12)15)17(20)19-9-11-3-1-2-10-4-5-21-16(10)11/h1-3,12-15H,4-9,18H2,(H,19,20)/t12-,13?,14-,15+/m0/s1. The van der Waals surface area contributed by atoms with E-state index in [0.29, 0.717) is 24.4 Å². The van der Waals surface area contributed by atoms with Gasteiger partial charge in [-0.25, -0.2) is 0 Å². The molecule has 4 nitrogen and oxygen atoms in total. The molecule has 1 unspecified atom stereocenters. The van der Waals surface area contributed by atoms with Gasteiger partial charge in [-0.2, -0.15) is 0 Å². The van der Waals surface area contributed by atoms with E-state index in [9.17, 15) is 4.79 Å². The molecule has 1 aromatic rings. The lowest BCUT2D eigenvalue weighted by molar-refractivity contribution is -0.125. The van der Waals surface area contributed by atoms with Crippen LogP contribution in [-0.2, 0) is 17.8 Å². The lowest BCUT2D eigenvalue weighted by atomic mass is 9.72. The van der Waals surface area contributed by atoms with Gasteiger partial charge in [0.25, 0.3) is 0 Å². The zero-order valence-electron chi connectivity index (χ0n) is 12.2. The summed E-state index contributed by atoms with van der Waals surface area (Å²) in [6.45, 7) is 1.32. The molecular formula is C17H22N2O2. The van der Waals surface area contributed by atoms with Gasteiger partial charge < -0.3 is 15.8 Å². The summed E-state index contributed by atoms with van der Waals surface area (Å²) in [7, 11) is 0. The normalized spacial score (nSPS) is 32.8. The monoisotopic (exact) mass is 286 g/mol. The topological polar surface area (TPSA) is 64.4 Å². The van der Waals surface area contributed by atoms with Gasteiger partial charge in [0.05, 0.1) is 6.61 Å². The molecule has 4 rings (SSSR count). The Kier molecular flexibility index (Phi) is 3.14. The fraction of sp³-hybridized carbons (Fsp3) is 0.588. The molecule has 1 amide bonds. The van der Waals surface area contributed by atoms with E-state index in [4.69, 9.17) is 10.5 Å². The molecule has 0 bridgehead atoms. The van der Waals surface area contributed by atoms with Gasteiger partial charge in [0.2, 0.25) is 5.91 Å². The molecule has 0 spiro atoms. The molecule has 4 atom stereocenters. The summed E-state index contributed by atoms with van der Waals surface area (Å²) in [6, 6.07) is 6.52. The fourth-order valence-electron chi connectivity index (χ4n) is 4.24. The molecule has 3 N–H and O–H groups in total. The number of hydrogen-bond acceptors (Lipinski definition) is 3. The maximum Gasteiger partial charge on any atom is 0.223 e. The van der Waals surface area contributed by atoms with E-state index in [1.807, 2.05) is 12.1 Å². The van der Waals surface area contributed by atoms with Crippen LogP contribution in [0.25, 0.3) is 0 Å². The molecular weight excluding hydrogens is 264 g/mol. The highest BCUT2D eigenvalue weighted by Crippen LogP contribution is 2.48. The Morgan fingerprint density at radius 1 is 1.33 bits per heavy atom. The zero-order chi connectivity index (χ0) is 14.4. The number of benzene rings is 1. The predicted molar refractivity (Wildman–Crippen MR) is 79.8 cm³/mol. The van der Waals surface area contributed by atoms with Crippen LogP contribution in [0.3, 0.4) is 0 Å². The van der Waals surface area contributed by atoms with Gasteiger partial charge in [-0.15, -0.1) is 0 Å². The molecule has 4 heteroatoms. The first-order valence-electron chi connectivity index (χ1n) is 7.99. The van der Waals surface area contributed by atoms with Crippen molar-refractivity contribution >= 4 is 5.91 Å². The first-order chi connectivity index (χ1) is 10.2. The first-order valence-corrected chi connectivity index (χ1v) is 7.99. The number of fused-ring (bicyclic) bond motifs is 2. The summed E-state index contributed by atoms with van der Waals surface area (Å²) in [5.74, 6) is 2.61. The smallest absolute Gasteiger partial charge is 0.223 e. The van der Waals surface area contributed by atoms with E-state index in [1.54, 1.807) is 0 Å². The molecule has 2 saturated carbocycles. The highest BCUT2D eigenvalue weighted by Gasteiger charge is 2.47. The van der Waals surface area contributed by atoms with Crippen LogP contribution in [0.15, 0.2) is 18.2 Å². The Morgan fingerprint density at radius 2 is 2.24 bits per heavy atom. The lowest BCUT2D eigenvalue weighted by Gasteiger charge is -2.37. The van der Waals surface area contributed by atoms with Gasteiger partial charge in [0.1, 0.15) is 5.75 Å². The van der Waals surface area contributed by atoms with Crippen molar-refractivity contribution in [1.82, 2.24) is 5.32 Å². The van der Waals surface area contributed by atoms with Gasteiger partial charge in [-0.1, -0.05) is 18.2 Å². The summed E-state index contributed by atoms with van der Waals surface area (Å²) in [6.07, 6.45) is 4.07. The van der Waals surface area contributed by atoms with Crippen molar-refractivity contribution in [1.29, 1.82) is 0 Å². The number of hydrogen-bond donors (Lipinski definition) is 2. The molecule has 1 heterocycles. The van der Waals surface area contributed by atoms with Gasteiger partial charge in [0.15, 0.2) is 0 Å². The maximum atomic E-state index is 12.4. The molecule has 0 radical (unpaired) electrons. The minimum absolute atomic E-state index is 0.159. The second-order valence-corrected chi connectivity index (χ2v) is 6.71. The summed E-state index contributed by atoms with van der Waals surface area (Å²) in [5, 5.41) is 3.09. The third-order valence-electron chi connectivity index (χ3n) is 5.49. The van der Waals surface area contributed by atoms with Crippen molar-refractivity contribution in [2.75, 3.05) is 6.61 Å². The summed E-state index contributed by atoms with van der Waals surface area (Å²) in [5.41, 5.74) is 8.35. The lowest BCUT2D eigenvalue weighted by Crippen LogP contribution is -2.44. The second kappa shape index (κ2) is 5.02. The highest BCUT2D eigenvalue weighted by atomic mass is 16.5. The number of rotatable bonds is 3. The number of nitrogens with two attached hydrogens (primary N) is 1. The summed E-state index contributed by atoms with van der Waals surface area (Å²) >= 11 is 0. The third-order valence-corrected chi connectivity index (χ3v) is 5.49. The van der Waals surface area contributed by atoms with Crippen molar-refractivity contribution < 1.29 is 9.53 Å². The fourth-order valence-corrected chi connectivity index (χ4v) is 4.24. The molecule has 0 aromatic heterocycles. The van der Waals surface area contributed by atoms with Crippen molar-refractivity contribution in [3.63, 3.8) is 0 Å². The first kappa shape index (κ1) is 13.1. The molecule has 2 aliphatic carbocycles. The van der Waals surface area contributed by atoms with E-state index in [0.717, 1.165) is 43.6 Å². The Morgan fingerprint density at radius 3 is 3.05 bits per heavy atom. The molecule has 1 aromatic carbocycles. The van der Waals surface area contributed by atoms with Crippen LogP contribution in [-0.4, -0.2) is 18.6 Å². The molecule has 1 aliphatic heterocycles. The van der Waals surface area contributed by atoms with Crippen LogP contribution < -0.4 is 15.8 Å². The van der Waals surface area contributed by atoms with Crippen LogP contribution in [0, 0.1) is 17.8 Å². The van der Waals surface area contributed by atoms with Crippen LogP contribution in [0.5, 0.6) is 5.75 Å². The number of carbonyl (C=O) groups excluding carboxylic acids is 1. The minimum Gasteiger partial charge on any atom is -0.493 e. The SMILES string of the molecule is N[C@@H]1C[C@@H]2CC(C(=O)NCc3cccc4c3OCC4)C[C@@H]21. The van der Waals surface area contributed by atoms with Crippen molar-refractivity contribution in [2.24, 2.45) is 23.5 Å². The van der Waals surface area contributed by atoms with Gasteiger partial charge in [-0.05, 0) is 36.7 Å². The van der Waals surface area contributed by atoms with Crippen LogP contribution in [0.4, 0.5) is 0 Å². The molecule has 112 valence electrons. The summed E-state index contributed by atoms with van der Waals surface area (Å²) < 4.78 is 5.68. The van der Waals surface area contributed by atoms with Crippen molar-refractivity contribution in [3.05, 3.63) is 29.3 Å². The van der Waals surface area contributed by atoms with Crippen LogP contribution in [0.1, 0.15) is 30.4 Å². The highest BCUT2D eigenvalue weighted by molar-refractivity contribution is 5.79. The van der Waals surface area contributed by atoms with E-state index in [2.05, 4.69) is 11.4 Å². The average Bonchev–Trinajstić information content (AvgIpc) is 3.08. The number of nitrogens with one attached hydrogen (secondary N) is 1. The van der Waals surface area contributed by atoms with Crippen molar-refractivity contribution in [2.45, 2.75) is 38.3 Å². The second-order valence-electron chi connectivity index (χ2n) is 6.71. The van der Waals surface area contributed by atoms with E-state index in [-0.39, 0.29) is 11.8 Å². The number of ether oxygens (including phenoxy) is 1. The maximum absolute atomic E-state index is 12.4.